The molecule has 0 heterocycles. The second-order valence-electron chi connectivity index (χ2n) is 1.83. The fourth-order valence-electron chi connectivity index (χ4n) is 0.354. The summed E-state index contributed by atoms with van der Waals surface area (Å²) < 4.78 is 0. The first kappa shape index (κ1) is 18.3. The summed E-state index contributed by atoms with van der Waals surface area (Å²) in [5.41, 5.74) is -3.22. The van der Waals surface area contributed by atoms with Crippen LogP contribution in [0.2, 0.25) is 0 Å². The molecule has 0 atom stereocenters. The molecule has 0 amide bonds. The Morgan fingerprint density at radius 1 is 1.00 bits per heavy atom. The van der Waals surface area contributed by atoms with E-state index >= 15 is 0 Å². The van der Waals surface area contributed by atoms with Crippen molar-refractivity contribution < 1.29 is 19.8 Å². The van der Waals surface area contributed by atoms with Crippen LogP contribution in [0.3, 0.4) is 0 Å². The van der Waals surface area contributed by atoms with E-state index in [1.807, 2.05) is 0 Å². The van der Waals surface area contributed by atoms with Crippen LogP contribution in [0.25, 0.3) is 0 Å². The minimum Gasteiger partial charge on any atom is -0.534 e. The van der Waals surface area contributed by atoms with Gasteiger partial charge in [0.2, 0.25) is 0 Å². The molecule has 0 aliphatic heterocycles. The van der Waals surface area contributed by atoms with Crippen molar-refractivity contribution in [1.29, 1.82) is 0 Å². The Bertz CT molecular complexity index is 106. The first-order valence-electron chi connectivity index (χ1n) is 3.61. The summed E-state index contributed by atoms with van der Waals surface area (Å²) in [7, 11) is 0. The topological polar surface area (TPSA) is 80.3 Å². The number of hydrogen-bond acceptors (Lipinski definition) is 4. The Kier molecular flexibility index (Phi) is 24.8. The Labute approximate surface area is 87.5 Å². The van der Waals surface area contributed by atoms with Crippen molar-refractivity contribution in [3.8, 4) is 0 Å². The second kappa shape index (κ2) is 17.6. The molecule has 0 saturated heterocycles. The summed E-state index contributed by atoms with van der Waals surface area (Å²) in [6.07, 6.45) is 4.08. The average molecular weight is 231 g/mol. The van der Waals surface area contributed by atoms with Gasteiger partial charge in [0.05, 0.1) is 0 Å². The normalized spacial score (nSPS) is 7.08. The molecule has 0 rings (SSSR count). The van der Waals surface area contributed by atoms with Crippen LogP contribution in [0, 0.1) is 0 Å². The molecule has 0 aromatic carbocycles. The predicted molar refractivity (Wildman–Crippen MR) is 47.7 cm³/mol. The molecule has 0 aromatic heterocycles. The standard InChI is InChI=1S/C5H12.2CHClO2/c1-3-5-4-2;2*2-1(3)4/h3-5H2,1-2H3;2*(H,3,4)/p-2. The molecule has 0 unspecified atom stereocenters. The average Bonchev–Trinajstić information content (AvgIpc) is 1.86. The lowest BCUT2D eigenvalue weighted by Gasteiger charge is -1.79. The van der Waals surface area contributed by atoms with E-state index in [2.05, 4.69) is 37.0 Å². The number of halogens is 2. The third kappa shape index (κ3) is 452. The number of carbonyl (C=O) groups excluding carboxylic acids is 2. The van der Waals surface area contributed by atoms with Gasteiger partial charge in [-0.15, -0.1) is 0 Å². The maximum atomic E-state index is 8.65. The highest BCUT2D eigenvalue weighted by Crippen LogP contribution is 1.88. The van der Waals surface area contributed by atoms with Crippen LogP contribution in [0.1, 0.15) is 33.1 Å². The first-order chi connectivity index (χ1) is 5.88. The number of carbonyl (C=O) groups is 2. The van der Waals surface area contributed by atoms with Crippen LogP contribution in [0.15, 0.2) is 0 Å². The van der Waals surface area contributed by atoms with E-state index in [4.69, 9.17) is 19.8 Å². The minimum absolute atomic E-state index is 1.34. The van der Waals surface area contributed by atoms with E-state index in [1.54, 1.807) is 0 Å². The zero-order valence-electron chi connectivity index (χ0n) is 7.51. The predicted octanol–water partition coefficient (Wildman–Crippen LogP) is 1.33. The van der Waals surface area contributed by atoms with Gasteiger partial charge in [0.25, 0.3) is 0 Å². The Balaban J connectivity index is -0.000000117. The van der Waals surface area contributed by atoms with E-state index < -0.39 is 10.9 Å². The summed E-state index contributed by atoms with van der Waals surface area (Å²) in [6.45, 7) is 4.42. The molecule has 0 fully saturated rings. The van der Waals surface area contributed by atoms with Crippen molar-refractivity contribution in [3.05, 3.63) is 0 Å². The highest BCUT2D eigenvalue weighted by atomic mass is 35.5. The Hall–Kier alpha value is -0.480. The molecule has 0 aliphatic rings. The van der Waals surface area contributed by atoms with E-state index in [0.29, 0.717) is 0 Å². The van der Waals surface area contributed by atoms with E-state index in [1.165, 1.54) is 19.3 Å². The summed E-state index contributed by atoms with van der Waals surface area (Å²) in [5, 5.41) is 17.3. The van der Waals surface area contributed by atoms with Gasteiger partial charge in [-0.2, -0.15) is 0 Å². The molecule has 0 aromatic rings. The van der Waals surface area contributed by atoms with Crippen LogP contribution < -0.4 is 10.2 Å². The smallest absolute Gasteiger partial charge is 0.134 e. The van der Waals surface area contributed by atoms with Gasteiger partial charge in [0.1, 0.15) is 10.9 Å². The lowest BCUT2D eigenvalue weighted by molar-refractivity contribution is -0.234. The van der Waals surface area contributed by atoms with Gasteiger partial charge >= 0.3 is 0 Å². The number of hydrogen-bond donors (Lipinski definition) is 0. The van der Waals surface area contributed by atoms with Crippen molar-refractivity contribution in [2.45, 2.75) is 33.1 Å². The van der Waals surface area contributed by atoms with Crippen molar-refractivity contribution in [2.24, 2.45) is 0 Å². The second-order valence-corrected chi connectivity index (χ2v) is 2.45. The highest BCUT2D eigenvalue weighted by Gasteiger charge is 1.68. The minimum atomic E-state index is -1.61. The Morgan fingerprint density at radius 2 is 1.15 bits per heavy atom. The first-order valence-corrected chi connectivity index (χ1v) is 4.36. The molecule has 0 bridgehead atoms. The van der Waals surface area contributed by atoms with Crippen LogP contribution in [-0.2, 0) is 0 Å². The fraction of sp³-hybridized carbons (Fsp3) is 0.714. The van der Waals surface area contributed by atoms with Crippen molar-refractivity contribution >= 4 is 34.1 Å². The third-order valence-electron chi connectivity index (χ3n) is 0.707. The molecule has 0 saturated carbocycles. The van der Waals surface area contributed by atoms with E-state index in [0.717, 1.165) is 0 Å². The van der Waals surface area contributed by atoms with Crippen LogP contribution >= 0.6 is 23.2 Å². The monoisotopic (exact) mass is 230 g/mol. The zero-order valence-corrected chi connectivity index (χ0v) is 9.02. The molecule has 13 heavy (non-hydrogen) atoms. The van der Waals surface area contributed by atoms with Crippen molar-refractivity contribution in [1.82, 2.24) is 0 Å². The quantitative estimate of drug-likeness (QED) is 0.671. The van der Waals surface area contributed by atoms with Crippen LogP contribution in [0.4, 0.5) is 9.59 Å². The lowest BCUT2D eigenvalue weighted by Crippen LogP contribution is -2.11. The molecule has 0 N–H and O–H groups in total. The van der Waals surface area contributed by atoms with Crippen molar-refractivity contribution in [3.63, 3.8) is 0 Å². The summed E-state index contributed by atoms with van der Waals surface area (Å²) >= 11 is 8.16. The van der Waals surface area contributed by atoms with Gasteiger partial charge < -0.3 is 19.8 Å². The highest BCUT2D eigenvalue weighted by molar-refractivity contribution is 6.59. The zero-order chi connectivity index (χ0) is 11.3. The van der Waals surface area contributed by atoms with Gasteiger partial charge in [0.15, 0.2) is 0 Å². The molecule has 0 spiro atoms. The van der Waals surface area contributed by atoms with Crippen LogP contribution in [-0.4, -0.2) is 10.9 Å². The SMILES string of the molecule is CCCCC.O=C([O-])Cl.O=C([O-])Cl. The summed E-state index contributed by atoms with van der Waals surface area (Å²) in [6, 6.07) is 0. The van der Waals surface area contributed by atoms with Gasteiger partial charge in [-0.25, -0.2) is 0 Å². The molecular weight excluding hydrogens is 219 g/mol. The summed E-state index contributed by atoms with van der Waals surface area (Å²) in [4.78, 5) is 17.3. The van der Waals surface area contributed by atoms with Crippen LogP contribution in [0.5, 0.6) is 0 Å². The largest absolute Gasteiger partial charge is 0.534 e. The number of carboxylic acid groups (broad SMARTS) is 2. The molecule has 0 aliphatic carbocycles. The van der Waals surface area contributed by atoms with Gasteiger partial charge in [0, 0.05) is 0 Å². The fourth-order valence-corrected chi connectivity index (χ4v) is 0.354. The Morgan fingerprint density at radius 3 is 1.15 bits per heavy atom. The molecule has 0 radical (unpaired) electrons. The van der Waals surface area contributed by atoms with Gasteiger partial charge in [-0.1, -0.05) is 56.3 Å². The van der Waals surface area contributed by atoms with Gasteiger partial charge in [-0.05, 0) is 0 Å². The molecular formula is C7H12Cl2O4-2. The maximum Gasteiger partial charge on any atom is 0.134 e. The van der Waals surface area contributed by atoms with E-state index in [9.17, 15) is 0 Å². The molecule has 6 heteroatoms. The molecule has 4 nitrogen and oxygen atoms in total. The van der Waals surface area contributed by atoms with Crippen molar-refractivity contribution in [2.75, 3.05) is 0 Å². The van der Waals surface area contributed by atoms with Gasteiger partial charge in [-0.3, -0.25) is 0 Å². The lowest BCUT2D eigenvalue weighted by atomic mass is 10.3. The number of rotatable bonds is 2. The van der Waals surface area contributed by atoms with E-state index in [-0.39, 0.29) is 0 Å². The number of unbranched alkanes of at least 4 members (excludes halogenated alkanes) is 2. The summed E-state index contributed by atoms with van der Waals surface area (Å²) in [5.74, 6) is 0. The third-order valence-corrected chi connectivity index (χ3v) is 0.707. The maximum absolute atomic E-state index is 8.65. The molecule has 80 valence electrons.